The number of alkyl halides is 3. The Balaban J connectivity index is 2.18. The molecule has 0 bridgehead atoms. The van der Waals surface area contributed by atoms with Crippen molar-refractivity contribution < 1.29 is 18.0 Å². The summed E-state index contributed by atoms with van der Waals surface area (Å²) in [5.41, 5.74) is 5.37. The molecule has 0 aromatic heterocycles. The van der Waals surface area contributed by atoms with E-state index in [4.69, 9.17) is 17.3 Å². The summed E-state index contributed by atoms with van der Waals surface area (Å²) in [6.07, 6.45) is -4.68. The van der Waals surface area contributed by atoms with Crippen molar-refractivity contribution in [3.63, 3.8) is 0 Å². The number of amides is 1. The highest BCUT2D eigenvalue weighted by Crippen LogP contribution is 2.36. The molecule has 0 unspecified atom stereocenters. The van der Waals surface area contributed by atoms with Crippen LogP contribution in [0, 0.1) is 0 Å². The van der Waals surface area contributed by atoms with Crippen molar-refractivity contribution in [2.75, 3.05) is 11.1 Å². The number of nitrogens with two attached hydrogens (primary N) is 1. The van der Waals surface area contributed by atoms with Gasteiger partial charge in [-0.1, -0.05) is 23.7 Å². The fourth-order valence-electron chi connectivity index (χ4n) is 1.94. The van der Waals surface area contributed by atoms with Crippen molar-refractivity contribution in [2.24, 2.45) is 0 Å². The fraction of sp³-hybridized carbons (Fsp3) is 0.133. The van der Waals surface area contributed by atoms with Gasteiger partial charge in [-0.25, -0.2) is 0 Å². The third kappa shape index (κ3) is 4.14. The summed E-state index contributed by atoms with van der Waals surface area (Å²) in [7, 11) is 0. The maximum atomic E-state index is 12.9. The van der Waals surface area contributed by atoms with Crippen LogP contribution in [-0.4, -0.2) is 5.91 Å². The Labute approximate surface area is 129 Å². The molecule has 3 nitrogen and oxygen atoms in total. The van der Waals surface area contributed by atoms with Crippen LogP contribution < -0.4 is 11.1 Å². The van der Waals surface area contributed by atoms with E-state index < -0.39 is 17.6 Å². The molecule has 7 heteroatoms. The molecule has 2 aromatic carbocycles. The molecule has 0 saturated heterocycles. The molecule has 0 aliphatic heterocycles. The summed E-state index contributed by atoms with van der Waals surface area (Å²) >= 11 is 5.58. The predicted octanol–water partition coefficient (Wildman–Crippen LogP) is 4.12. The Kier molecular flexibility index (Phi) is 4.61. The zero-order valence-corrected chi connectivity index (χ0v) is 12.0. The first kappa shape index (κ1) is 16.2. The number of rotatable bonds is 3. The Morgan fingerprint density at radius 3 is 2.55 bits per heavy atom. The van der Waals surface area contributed by atoms with Crippen molar-refractivity contribution in [2.45, 2.75) is 12.6 Å². The summed E-state index contributed by atoms with van der Waals surface area (Å²) in [6, 6.07) is 9.77. The Morgan fingerprint density at radius 1 is 1.18 bits per heavy atom. The standard InChI is InChI=1S/C15H12ClF3N2O/c16-10-4-5-13(12(8-10)15(17,18)19)21-14(22)7-9-2-1-3-11(20)6-9/h1-6,8H,7,20H2,(H,21,22). The van der Waals surface area contributed by atoms with E-state index in [2.05, 4.69) is 5.32 Å². The highest BCUT2D eigenvalue weighted by atomic mass is 35.5. The van der Waals surface area contributed by atoms with E-state index in [1.54, 1.807) is 24.3 Å². The van der Waals surface area contributed by atoms with Crippen LogP contribution in [0.25, 0.3) is 0 Å². The zero-order valence-electron chi connectivity index (χ0n) is 11.2. The minimum atomic E-state index is -4.61. The number of hydrogen-bond donors (Lipinski definition) is 2. The molecule has 0 radical (unpaired) electrons. The van der Waals surface area contributed by atoms with Gasteiger partial charge < -0.3 is 11.1 Å². The first-order chi connectivity index (χ1) is 10.3. The number of carbonyl (C=O) groups is 1. The summed E-state index contributed by atoms with van der Waals surface area (Å²) in [5, 5.41) is 2.20. The molecule has 0 fully saturated rings. The van der Waals surface area contributed by atoms with Crippen molar-refractivity contribution in [1.29, 1.82) is 0 Å². The van der Waals surface area contributed by atoms with Gasteiger partial charge in [-0.15, -0.1) is 0 Å². The van der Waals surface area contributed by atoms with Gasteiger partial charge >= 0.3 is 6.18 Å². The van der Waals surface area contributed by atoms with Crippen LogP contribution >= 0.6 is 11.6 Å². The summed E-state index contributed by atoms with van der Waals surface area (Å²) < 4.78 is 38.8. The molecule has 22 heavy (non-hydrogen) atoms. The van der Waals surface area contributed by atoms with E-state index in [-0.39, 0.29) is 17.1 Å². The normalized spacial score (nSPS) is 11.3. The van der Waals surface area contributed by atoms with Gasteiger partial charge in [-0.3, -0.25) is 4.79 Å². The van der Waals surface area contributed by atoms with Gasteiger partial charge in [0.2, 0.25) is 5.91 Å². The largest absolute Gasteiger partial charge is 0.418 e. The van der Waals surface area contributed by atoms with E-state index in [1.807, 2.05) is 0 Å². The molecule has 0 saturated carbocycles. The minimum Gasteiger partial charge on any atom is -0.399 e. The minimum absolute atomic E-state index is 0.0545. The molecule has 2 aromatic rings. The quantitative estimate of drug-likeness (QED) is 0.833. The van der Waals surface area contributed by atoms with Crippen molar-refractivity contribution >= 4 is 28.9 Å². The van der Waals surface area contributed by atoms with Gasteiger partial charge in [0.1, 0.15) is 0 Å². The van der Waals surface area contributed by atoms with E-state index in [0.29, 0.717) is 11.3 Å². The van der Waals surface area contributed by atoms with Gasteiger partial charge in [0, 0.05) is 10.7 Å². The average molecular weight is 329 g/mol. The molecule has 1 amide bonds. The van der Waals surface area contributed by atoms with Crippen LogP contribution in [0.5, 0.6) is 0 Å². The van der Waals surface area contributed by atoms with Crippen LogP contribution in [-0.2, 0) is 17.4 Å². The third-order valence-electron chi connectivity index (χ3n) is 2.88. The van der Waals surface area contributed by atoms with E-state index in [0.717, 1.165) is 12.1 Å². The lowest BCUT2D eigenvalue weighted by atomic mass is 10.1. The number of carbonyl (C=O) groups excluding carboxylic acids is 1. The molecule has 116 valence electrons. The molecule has 0 spiro atoms. The second-order valence-electron chi connectivity index (χ2n) is 4.66. The SMILES string of the molecule is Nc1cccc(CC(=O)Nc2ccc(Cl)cc2C(F)(F)F)c1. The van der Waals surface area contributed by atoms with Crippen LogP contribution in [0.1, 0.15) is 11.1 Å². The Morgan fingerprint density at radius 2 is 1.91 bits per heavy atom. The van der Waals surface area contributed by atoms with Crippen molar-refractivity contribution in [1.82, 2.24) is 0 Å². The lowest BCUT2D eigenvalue weighted by Gasteiger charge is -2.14. The second-order valence-corrected chi connectivity index (χ2v) is 5.09. The summed E-state index contributed by atoms with van der Waals surface area (Å²) in [6.45, 7) is 0. The third-order valence-corrected chi connectivity index (χ3v) is 3.11. The smallest absolute Gasteiger partial charge is 0.399 e. The highest BCUT2D eigenvalue weighted by Gasteiger charge is 2.34. The average Bonchev–Trinajstić information content (AvgIpc) is 2.39. The lowest BCUT2D eigenvalue weighted by molar-refractivity contribution is -0.137. The van der Waals surface area contributed by atoms with Crippen LogP contribution in [0.4, 0.5) is 24.5 Å². The Bertz CT molecular complexity index is 701. The van der Waals surface area contributed by atoms with Gasteiger partial charge in [-0.05, 0) is 35.9 Å². The van der Waals surface area contributed by atoms with Gasteiger partial charge in [0.15, 0.2) is 0 Å². The fourth-order valence-corrected chi connectivity index (χ4v) is 2.11. The first-order valence-electron chi connectivity index (χ1n) is 6.27. The number of halogens is 4. The van der Waals surface area contributed by atoms with E-state index in [9.17, 15) is 18.0 Å². The summed E-state index contributed by atoms with van der Waals surface area (Å²) in [5.74, 6) is -0.571. The Hall–Kier alpha value is -2.21. The monoisotopic (exact) mass is 328 g/mol. The molecular weight excluding hydrogens is 317 g/mol. The molecule has 3 N–H and O–H groups in total. The maximum Gasteiger partial charge on any atom is 0.418 e. The molecular formula is C15H12ClF3N2O. The highest BCUT2D eigenvalue weighted by molar-refractivity contribution is 6.30. The van der Waals surface area contributed by atoms with Crippen LogP contribution in [0.2, 0.25) is 5.02 Å². The van der Waals surface area contributed by atoms with Crippen molar-refractivity contribution in [3.05, 3.63) is 58.6 Å². The second kappa shape index (κ2) is 6.27. The molecule has 0 heterocycles. The van der Waals surface area contributed by atoms with Crippen LogP contribution in [0.3, 0.4) is 0 Å². The van der Waals surface area contributed by atoms with Crippen molar-refractivity contribution in [3.8, 4) is 0 Å². The number of benzene rings is 2. The maximum absolute atomic E-state index is 12.9. The zero-order chi connectivity index (χ0) is 16.3. The van der Waals surface area contributed by atoms with E-state index >= 15 is 0 Å². The molecule has 0 aliphatic carbocycles. The number of anilines is 2. The number of hydrogen-bond acceptors (Lipinski definition) is 2. The van der Waals surface area contributed by atoms with Gasteiger partial charge in [0.25, 0.3) is 0 Å². The number of nitrogens with one attached hydrogen (secondary N) is 1. The van der Waals surface area contributed by atoms with Crippen LogP contribution in [0.15, 0.2) is 42.5 Å². The lowest BCUT2D eigenvalue weighted by Crippen LogP contribution is -2.18. The molecule has 0 atom stereocenters. The van der Waals surface area contributed by atoms with E-state index in [1.165, 1.54) is 6.07 Å². The van der Waals surface area contributed by atoms with Gasteiger partial charge in [0.05, 0.1) is 17.7 Å². The predicted molar refractivity (Wildman–Crippen MR) is 79.6 cm³/mol. The molecule has 0 aliphatic rings. The molecule has 2 rings (SSSR count). The summed E-state index contributed by atoms with van der Waals surface area (Å²) in [4.78, 5) is 11.9. The topological polar surface area (TPSA) is 55.1 Å². The number of nitrogen functional groups attached to an aromatic ring is 1. The van der Waals surface area contributed by atoms with Gasteiger partial charge in [-0.2, -0.15) is 13.2 Å². The first-order valence-corrected chi connectivity index (χ1v) is 6.64.